The van der Waals surface area contributed by atoms with Crippen molar-refractivity contribution in [1.29, 1.82) is 0 Å². The molecule has 3 rings (SSSR count). The van der Waals surface area contributed by atoms with Gasteiger partial charge in [-0.3, -0.25) is 0 Å². The average Bonchev–Trinajstić information content (AvgIpc) is 2.53. The highest BCUT2D eigenvalue weighted by atomic mass is 19.4. The van der Waals surface area contributed by atoms with Crippen molar-refractivity contribution in [1.82, 2.24) is 9.97 Å². The number of hydrogen-bond acceptors (Lipinski definition) is 4. The van der Waals surface area contributed by atoms with Crippen LogP contribution in [0, 0.1) is 13.8 Å². The van der Waals surface area contributed by atoms with Gasteiger partial charge < -0.3 is 10.6 Å². The Bertz CT molecular complexity index is 923. The van der Waals surface area contributed by atoms with Gasteiger partial charge in [0, 0.05) is 23.1 Å². The summed E-state index contributed by atoms with van der Waals surface area (Å²) in [4.78, 5) is 8.65. The molecule has 134 valence electrons. The standard InChI is InChI=1S/C19H17F3N4/c1-12-5-3-7-15(9-12)25-18-23-13(2)10-17(26-18)24-16-8-4-6-14(11-16)19(20,21)22/h3-11H,1-2H3,(H2,23,24,25,26). The second-order valence-electron chi connectivity index (χ2n) is 5.92. The van der Waals surface area contributed by atoms with Gasteiger partial charge in [0.05, 0.1) is 5.56 Å². The lowest BCUT2D eigenvalue weighted by molar-refractivity contribution is -0.137. The van der Waals surface area contributed by atoms with Gasteiger partial charge in [-0.05, 0) is 49.7 Å². The van der Waals surface area contributed by atoms with Crippen LogP contribution in [-0.2, 0) is 6.18 Å². The molecule has 0 atom stereocenters. The lowest BCUT2D eigenvalue weighted by atomic mass is 10.2. The van der Waals surface area contributed by atoms with Gasteiger partial charge in [-0.25, -0.2) is 4.98 Å². The summed E-state index contributed by atoms with van der Waals surface area (Å²) in [5.74, 6) is 0.775. The minimum atomic E-state index is -4.39. The number of nitrogens with zero attached hydrogens (tertiary/aromatic N) is 2. The summed E-state index contributed by atoms with van der Waals surface area (Å²) >= 11 is 0. The molecule has 26 heavy (non-hydrogen) atoms. The first-order valence-electron chi connectivity index (χ1n) is 7.93. The number of halogens is 3. The number of anilines is 4. The lowest BCUT2D eigenvalue weighted by Crippen LogP contribution is -2.06. The molecule has 0 saturated carbocycles. The zero-order valence-corrected chi connectivity index (χ0v) is 14.2. The zero-order valence-electron chi connectivity index (χ0n) is 14.2. The Balaban J connectivity index is 1.84. The third-order valence-corrected chi connectivity index (χ3v) is 3.59. The monoisotopic (exact) mass is 358 g/mol. The van der Waals surface area contributed by atoms with E-state index in [1.54, 1.807) is 19.1 Å². The molecular formula is C19H17F3N4. The summed E-state index contributed by atoms with van der Waals surface area (Å²) in [6.07, 6.45) is -4.39. The normalized spacial score (nSPS) is 11.3. The molecule has 1 heterocycles. The van der Waals surface area contributed by atoms with Crippen LogP contribution < -0.4 is 10.6 Å². The number of nitrogens with one attached hydrogen (secondary N) is 2. The van der Waals surface area contributed by atoms with Crippen molar-refractivity contribution in [3.05, 3.63) is 71.4 Å². The van der Waals surface area contributed by atoms with E-state index < -0.39 is 11.7 Å². The van der Waals surface area contributed by atoms with Crippen molar-refractivity contribution in [3.8, 4) is 0 Å². The van der Waals surface area contributed by atoms with E-state index in [1.807, 2.05) is 31.2 Å². The van der Waals surface area contributed by atoms with Gasteiger partial charge in [-0.2, -0.15) is 18.2 Å². The van der Waals surface area contributed by atoms with Crippen molar-refractivity contribution in [2.45, 2.75) is 20.0 Å². The van der Waals surface area contributed by atoms with E-state index >= 15 is 0 Å². The van der Waals surface area contributed by atoms with E-state index in [2.05, 4.69) is 20.6 Å². The molecule has 0 aliphatic carbocycles. The van der Waals surface area contributed by atoms with Crippen LogP contribution >= 0.6 is 0 Å². The molecule has 1 aromatic heterocycles. The van der Waals surface area contributed by atoms with Gasteiger partial charge in [0.15, 0.2) is 0 Å². The van der Waals surface area contributed by atoms with Crippen molar-refractivity contribution in [2.75, 3.05) is 10.6 Å². The Morgan fingerprint density at radius 1 is 0.808 bits per heavy atom. The van der Waals surface area contributed by atoms with Gasteiger partial charge in [0.25, 0.3) is 0 Å². The number of rotatable bonds is 4. The summed E-state index contributed by atoms with van der Waals surface area (Å²) in [6, 6.07) is 14.4. The van der Waals surface area contributed by atoms with Gasteiger partial charge in [0.2, 0.25) is 5.95 Å². The Labute approximate surface area is 149 Å². The quantitative estimate of drug-likeness (QED) is 0.637. The lowest BCUT2D eigenvalue weighted by Gasteiger charge is -2.12. The SMILES string of the molecule is Cc1cccc(Nc2nc(C)cc(Nc3cccc(C(F)(F)F)c3)n2)c1. The van der Waals surface area contributed by atoms with Crippen LogP contribution in [0.5, 0.6) is 0 Å². The van der Waals surface area contributed by atoms with E-state index in [0.717, 1.165) is 23.4 Å². The van der Waals surface area contributed by atoms with Gasteiger partial charge in [-0.1, -0.05) is 18.2 Å². The van der Waals surface area contributed by atoms with E-state index in [-0.39, 0.29) is 0 Å². The Morgan fingerprint density at radius 2 is 1.50 bits per heavy atom. The Hall–Kier alpha value is -3.09. The molecule has 4 nitrogen and oxygen atoms in total. The smallest absolute Gasteiger partial charge is 0.340 e. The highest BCUT2D eigenvalue weighted by molar-refractivity contribution is 5.61. The van der Waals surface area contributed by atoms with Crippen LogP contribution in [0.1, 0.15) is 16.8 Å². The minimum absolute atomic E-state index is 0.305. The molecule has 0 radical (unpaired) electrons. The van der Waals surface area contributed by atoms with Crippen LogP contribution in [-0.4, -0.2) is 9.97 Å². The van der Waals surface area contributed by atoms with Crippen LogP contribution in [0.3, 0.4) is 0 Å². The van der Waals surface area contributed by atoms with Crippen LogP contribution in [0.4, 0.5) is 36.3 Å². The highest BCUT2D eigenvalue weighted by Gasteiger charge is 2.30. The van der Waals surface area contributed by atoms with Crippen LogP contribution in [0.25, 0.3) is 0 Å². The highest BCUT2D eigenvalue weighted by Crippen LogP contribution is 2.31. The molecule has 0 bridgehead atoms. The third-order valence-electron chi connectivity index (χ3n) is 3.59. The number of hydrogen-bond donors (Lipinski definition) is 2. The van der Waals surface area contributed by atoms with Crippen molar-refractivity contribution in [2.24, 2.45) is 0 Å². The molecule has 0 fully saturated rings. The van der Waals surface area contributed by atoms with Crippen LogP contribution in [0.15, 0.2) is 54.6 Å². The number of aryl methyl sites for hydroxylation is 2. The summed E-state index contributed by atoms with van der Waals surface area (Å²) in [5, 5.41) is 6.01. The number of aromatic nitrogens is 2. The van der Waals surface area contributed by atoms with E-state index in [1.165, 1.54) is 6.07 Å². The molecule has 0 unspecified atom stereocenters. The molecular weight excluding hydrogens is 341 g/mol. The maximum absolute atomic E-state index is 12.8. The fourth-order valence-electron chi connectivity index (χ4n) is 2.46. The molecule has 7 heteroatoms. The predicted octanol–water partition coefficient (Wildman–Crippen LogP) is 5.60. The average molecular weight is 358 g/mol. The van der Waals surface area contributed by atoms with Crippen molar-refractivity contribution < 1.29 is 13.2 Å². The second-order valence-corrected chi connectivity index (χ2v) is 5.92. The van der Waals surface area contributed by atoms with E-state index in [9.17, 15) is 13.2 Å². The number of alkyl halides is 3. The van der Waals surface area contributed by atoms with Gasteiger partial charge in [0.1, 0.15) is 5.82 Å². The fraction of sp³-hybridized carbons (Fsp3) is 0.158. The van der Waals surface area contributed by atoms with Crippen molar-refractivity contribution >= 4 is 23.1 Å². The van der Waals surface area contributed by atoms with Crippen molar-refractivity contribution in [3.63, 3.8) is 0 Å². The first-order valence-corrected chi connectivity index (χ1v) is 7.93. The molecule has 0 saturated heterocycles. The van der Waals surface area contributed by atoms with E-state index in [0.29, 0.717) is 23.1 Å². The minimum Gasteiger partial charge on any atom is -0.340 e. The number of benzene rings is 2. The molecule has 0 amide bonds. The molecule has 0 aliphatic rings. The molecule has 0 spiro atoms. The van der Waals surface area contributed by atoms with Crippen LogP contribution in [0.2, 0.25) is 0 Å². The first kappa shape index (κ1) is 17.7. The fourth-order valence-corrected chi connectivity index (χ4v) is 2.46. The Morgan fingerprint density at radius 3 is 2.19 bits per heavy atom. The molecule has 2 aromatic carbocycles. The van der Waals surface area contributed by atoms with Gasteiger partial charge in [-0.15, -0.1) is 0 Å². The topological polar surface area (TPSA) is 49.8 Å². The second kappa shape index (κ2) is 7.03. The Kier molecular flexibility index (Phi) is 4.79. The summed E-state index contributed by atoms with van der Waals surface area (Å²) < 4.78 is 38.5. The zero-order chi connectivity index (χ0) is 18.7. The third kappa shape index (κ3) is 4.50. The summed E-state index contributed by atoms with van der Waals surface area (Å²) in [7, 11) is 0. The largest absolute Gasteiger partial charge is 0.416 e. The van der Waals surface area contributed by atoms with E-state index in [4.69, 9.17) is 0 Å². The molecule has 2 N–H and O–H groups in total. The summed E-state index contributed by atoms with van der Waals surface area (Å²) in [6.45, 7) is 3.77. The maximum atomic E-state index is 12.8. The first-order chi connectivity index (χ1) is 12.3. The molecule has 3 aromatic rings. The molecule has 0 aliphatic heterocycles. The summed E-state index contributed by atoms with van der Waals surface area (Å²) in [5.41, 5.74) is 2.20. The van der Waals surface area contributed by atoms with Gasteiger partial charge >= 0.3 is 6.18 Å². The maximum Gasteiger partial charge on any atom is 0.416 e. The predicted molar refractivity (Wildman–Crippen MR) is 96.0 cm³/mol.